The van der Waals surface area contributed by atoms with Crippen LogP contribution >= 0.6 is 0 Å². The SMILES string of the molecule is CC1(C)CC(c2ccc(S(C)(=O)=O)cc2)=C(c2ccc(F)cn2)C1. The Kier molecular flexibility index (Phi) is 4.08. The molecule has 3 nitrogen and oxygen atoms in total. The molecule has 126 valence electrons. The van der Waals surface area contributed by atoms with Crippen LogP contribution in [0.2, 0.25) is 0 Å². The van der Waals surface area contributed by atoms with Crippen LogP contribution in [0, 0.1) is 11.2 Å². The van der Waals surface area contributed by atoms with Gasteiger partial charge in [0.15, 0.2) is 9.84 Å². The van der Waals surface area contributed by atoms with Crippen molar-refractivity contribution in [2.75, 3.05) is 6.26 Å². The van der Waals surface area contributed by atoms with Crippen LogP contribution < -0.4 is 0 Å². The summed E-state index contributed by atoms with van der Waals surface area (Å²) >= 11 is 0. The molecule has 0 saturated carbocycles. The van der Waals surface area contributed by atoms with E-state index in [9.17, 15) is 12.8 Å². The average Bonchev–Trinajstić information content (AvgIpc) is 2.83. The van der Waals surface area contributed by atoms with Gasteiger partial charge in [0.25, 0.3) is 0 Å². The Labute approximate surface area is 142 Å². The zero-order valence-corrected chi connectivity index (χ0v) is 14.8. The van der Waals surface area contributed by atoms with E-state index in [2.05, 4.69) is 18.8 Å². The molecule has 0 radical (unpaired) electrons. The smallest absolute Gasteiger partial charge is 0.175 e. The normalized spacial score (nSPS) is 17.3. The van der Waals surface area contributed by atoms with Crippen LogP contribution in [0.25, 0.3) is 11.1 Å². The lowest BCUT2D eigenvalue weighted by atomic mass is 9.88. The number of rotatable bonds is 3. The molecule has 1 aliphatic carbocycles. The molecule has 24 heavy (non-hydrogen) atoms. The maximum atomic E-state index is 13.2. The molecule has 3 rings (SSSR count). The third kappa shape index (κ3) is 3.41. The number of benzene rings is 1. The quantitative estimate of drug-likeness (QED) is 0.830. The van der Waals surface area contributed by atoms with Crippen molar-refractivity contribution in [1.82, 2.24) is 4.98 Å². The maximum absolute atomic E-state index is 13.2. The van der Waals surface area contributed by atoms with Gasteiger partial charge in [-0.3, -0.25) is 4.98 Å². The van der Waals surface area contributed by atoms with Gasteiger partial charge in [0.2, 0.25) is 0 Å². The molecule has 0 unspecified atom stereocenters. The molecule has 1 heterocycles. The Hall–Kier alpha value is -2.01. The second kappa shape index (κ2) is 5.81. The Morgan fingerprint density at radius 1 is 1.00 bits per heavy atom. The lowest BCUT2D eigenvalue weighted by Crippen LogP contribution is -2.05. The van der Waals surface area contributed by atoms with E-state index >= 15 is 0 Å². The summed E-state index contributed by atoms with van der Waals surface area (Å²) in [6, 6.07) is 10.1. The number of aromatic nitrogens is 1. The van der Waals surface area contributed by atoms with Gasteiger partial charge in [0.1, 0.15) is 5.82 Å². The van der Waals surface area contributed by atoms with E-state index in [1.165, 1.54) is 18.5 Å². The third-order valence-electron chi connectivity index (χ3n) is 4.34. The Morgan fingerprint density at radius 3 is 2.17 bits per heavy atom. The van der Waals surface area contributed by atoms with E-state index in [4.69, 9.17) is 0 Å². The fourth-order valence-corrected chi connectivity index (χ4v) is 3.84. The minimum absolute atomic E-state index is 0.0935. The third-order valence-corrected chi connectivity index (χ3v) is 5.47. The van der Waals surface area contributed by atoms with Gasteiger partial charge in [-0.05, 0) is 59.2 Å². The highest BCUT2D eigenvalue weighted by Crippen LogP contribution is 2.49. The van der Waals surface area contributed by atoms with Gasteiger partial charge >= 0.3 is 0 Å². The first-order valence-corrected chi connectivity index (χ1v) is 9.69. The number of hydrogen-bond donors (Lipinski definition) is 0. The summed E-state index contributed by atoms with van der Waals surface area (Å²) in [4.78, 5) is 4.54. The van der Waals surface area contributed by atoms with Gasteiger partial charge in [-0.1, -0.05) is 26.0 Å². The van der Waals surface area contributed by atoms with Crippen LogP contribution in [0.15, 0.2) is 47.5 Å². The topological polar surface area (TPSA) is 47.0 Å². The summed E-state index contributed by atoms with van der Waals surface area (Å²) < 4.78 is 36.4. The summed E-state index contributed by atoms with van der Waals surface area (Å²) in [7, 11) is -3.21. The number of halogens is 1. The highest BCUT2D eigenvalue weighted by molar-refractivity contribution is 7.90. The predicted molar refractivity (Wildman–Crippen MR) is 93.6 cm³/mol. The van der Waals surface area contributed by atoms with Crippen LogP contribution in [-0.2, 0) is 9.84 Å². The molecule has 0 bridgehead atoms. The van der Waals surface area contributed by atoms with Crippen LogP contribution in [0.1, 0.15) is 37.9 Å². The van der Waals surface area contributed by atoms with E-state index in [-0.39, 0.29) is 11.2 Å². The zero-order valence-electron chi connectivity index (χ0n) is 14.0. The molecule has 0 fully saturated rings. The highest BCUT2D eigenvalue weighted by atomic mass is 32.2. The second-order valence-corrected chi connectivity index (χ2v) is 9.15. The lowest BCUT2D eigenvalue weighted by molar-refractivity contribution is 0.406. The monoisotopic (exact) mass is 345 g/mol. The predicted octanol–water partition coefficient (Wildman–Crippen LogP) is 4.36. The minimum Gasteiger partial charge on any atom is -0.254 e. The van der Waals surface area contributed by atoms with Crippen molar-refractivity contribution >= 4 is 21.0 Å². The highest BCUT2D eigenvalue weighted by Gasteiger charge is 2.32. The van der Waals surface area contributed by atoms with Crippen molar-refractivity contribution in [2.45, 2.75) is 31.6 Å². The summed E-state index contributed by atoms with van der Waals surface area (Å²) in [6.07, 6.45) is 4.17. The molecular weight excluding hydrogens is 325 g/mol. The van der Waals surface area contributed by atoms with Gasteiger partial charge in [-0.15, -0.1) is 0 Å². The Balaban J connectivity index is 2.07. The minimum atomic E-state index is -3.21. The van der Waals surface area contributed by atoms with Crippen LogP contribution in [0.5, 0.6) is 0 Å². The first-order chi connectivity index (χ1) is 11.2. The maximum Gasteiger partial charge on any atom is 0.175 e. The molecule has 0 saturated heterocycles. The molecule has 1 aromatic heterocycles. The fourth-order valence-electron chi connectivity index (χ4n) is 3.21. The standard InChI is InChI=1S/C19H20FNO2S/c1-19(2)10-16(13-4-7-15(8-5-13)24(3,22)23)17(11-19)18-9-6-14(20)12-21-18/h4-9,12H,10-11H2,1-3H3. The van der Waals surface area contributed by atoms with Gasteiger partial charge in [0, 0.05) is 6.26 Å². The molecule has 5 heteroatoms. The molecule has 0 spiro atoms. The molecule has 0 aliphatic heterocycles. The molecule has 0 amide bonds. The van der Waals surface area contributed by atoms with E-state index in [1.54, 1.807) is 18.2 Å². The van der Waals surface area contributed by atoms with Gasteiger partial charge in [-0.25, -0.2) is 12.8 Å². The zero-order chi connectivity index (χ0) is 17.5. The van der Waals surface area contributed by atoms with Crippen molar-refractivity contribution in [1.29, 1.82) is 0 Å². The van der Waals surface area contributed by atoms with Crippen molar-refractivity contribution in [3.8, 4) is 0 Å². The fraction of sp³-hybridized carbons (Fsp3) is 0.316. The van der Waals surface area contributed by atoms with Crippen LogP contribution in [0.4, 0.5) is 4.39 Å². The Morgan fingerprint density at radius 2 is 1.62 bits per heavy atom. The number of nitrogens with zero attached hydrogens (tertiary/aromatic N) is 1. The second-order valence-electron chi connectivity index (χ2n) is 7.13. The summed E-state index contributed by atoms with van der Waals surface area (Å²) in [6.45, 7) is 4.38. The number of pyridine rings is 1. The lowest BCUT2D eigenvalue weighted by Gasteiger charge is -2.17. The van der Waals surface area contributed by atoms with Gasteiger partial charge in [-0.2, -0.15) is 0 Å². The summed E-state index contributed by atoms with van der Waals surface area (Å²) in [5.74, 6) is -0.351. The van der Waals surface area contributed by atoms with E-state index in [0.717, 1.165) is 35.2 Å². The van der Waals surface area contributed by atoms with E-state index in [0.29, 0.717) is 4.90 Å². The first-order valence-electron chi connectivity index (χ1n) is 7.80. The van der Waals surface area contributed by atoms with Crippen molar-refractivity contribution < 1.29 is 12.8 Å². The van der Waals surface area contributed by atoms with Crippen LogP contribution in [-0.4, -0.2) is 19.7 Å². The number of hydrogen-bond acceptors (Lipinski definition) is 3. The molecular formula is C19H20FNO2S. The van der Waals surface area contributed by atoms with E-state index in [1.807, 2.05) is 12.1 Å². The number of allylic oxidation sites excluding steroid dienone is 2. The Bertz CT molecular complexity index is 895. The summed E-state index contributed by atoms with van der Waals surface area (Å²) in [5, 5.41) is 0. The van der Waals surface area contributed by atoms with Gasteiger partial charge in [0.05, 0.1) is 16.8 Å². The summed E-state index contributed by atoms with van der Waals surface area (Å²) in [5.41, 5.74) is 4.13. The van der Waals surface area contributed by atoms with Gasteiger partial charge < -0.3 is 0 Å². The molecule has 1 aromatic carbocycles. The molecule has 2 aromatic rings. The van der Waals surface area contributed by atoms with Crippen LogP contribution in [0.3, 0.4) is 0 Å². The average molecular weight is 345 g/mol. The number of sulfone groups is 1. The van der Waals surface area contributed by atoms with Crippen molar-refractivity contribution in [3.05, 3.63) is 59.7 Å². The van der Waals surface area contributed by atoms with E-state index < -0.39 is 9.84 Å². The molecule has 0 atom stereocenters. The van der Waals surface area contributed by atoms with Crippen molar-refractivity contribution in [3.63, 3.8) is 0 Å². The molecule has 1 aliphatic rings. The largest absolute Gasteiger partial charge is 0.254 e. The van der Waals surface area contributed by atoms with Crippen molar-refractivity contribution in [2.24, 2.45) is 5.41 Å². The molecule has 0 N–H and O–H groups in total. The first kappa shape index (κ1) is 16.8.